The highest BCUT2D eigenvalue weighted by Gasteiger charge is 2.18. The molecule has 3 N–H and O–H groups in total. The van der Waals surface area contributed by atoms with Gasteiger partial charge in [0.15, 0.2) is 0 Å². The molecule has 0 aliphatic carbocycles. The second kappa shape index (κ2) is 7.73. The number of hydrogen-bond acceptors (Lipinski definition) is 4. The predicted octanol–water partition coefficient (Wildman–Crippen LogP) is 2.05. The fourth-order valence-corrected chi connectivity index (χ4v) is 3.38. The van der Waals surface area contributed by atoms with Crippen LogP contribution >= 0.6 is 0 Å². The van der Waals surface area contributed by atoms with E-state index in [1.165, 1.54) is 49.4 Å². The maximum Gasteiger partial charge on any atom is 0.255 e. The van der Waals surface area contributed by atoms with Gasteiger partial charge in [-0.05, 0) is 55.8 Å². The lowest BCUT2D eigenvalue weighted by molar-refractivity contribution is 0.102. The van der Waals surface area contributed by atoms with Crippen molar-refractivity contribution in [2.24, 2.45) is 0 Å². The quantitative estimate of drug-likeness (QED) is 0.729. The minimum absolute atomic E-state index is 0.0873. The van der Waals surface area contributed by atoms with E-state index in [1.807, 2.05) is 0 Å². The summed E-state index contributed by atoms with van der Waals surface area (Å²) in [6, 6.07) is 9.01. The van der Waals surface area contributed by atoms with Gasteiger partial charge in [-0.1, -0.05) is 6.07 Å². The number of aliphatic hydroxyl groups excluding tert-OH is 1. The van der Waals surface area contributed by atoms with Crippen LogP contribution in [0.5, 0.6) is 0 Å². The van der Waals surface area contributed by atoms with Crippen LogP contribution in [0.4, 0.5) is 10.1 Å². The Morgan fingerprint density at radius 1 is 1.24 bits per heavy atom. The lowest BCUT2D eigenvalue weighted by Gasteiger charge is -2.12. The number of hydrogen-bond donors (Lipinski definition) is 3. The predicted molar refractivity (Wildman–Crippen MR) is 92.4 cm³/mol. The minimum atomic E-state index is -3.85. The summed E-state index contributed by atoms with van der Waals surface area (Å²) >= 11 is 0. The zero-order valence-electron chi connectivity index (χ0n) is 13.8. The van der Waals surface area contributed by atoms with E-state index in [0.29, 0.717) is 11.3 Å². The molecular formula is C17H19FN2O4S. The van der Waals surface area contributed by atoms with Crippen LogP contribution in [0.2, 0.25) is 0 Å². The number of anilines is 1. The summed E-state index contributed by atoms with van der Waals surface area (Å²) < 4.78 is 40.0. The summed E-state index contributed by atoms with van der Waals surface area (Å²) in [5, 5.41) is 11.6. The zero-order chi connectivity index (χ0) is 18.6. The van der Waals surface area contributed by atoms with Gasteiger partial charge in [0, 0.05) is 17.3 Å². The SMILES string of the molecule is Cc1cc(NC(=O)c2cccc(S(=O)(=O)N[C@@H](C)CO)c2)ccc1F. The highest BCUT2D eigenvalue weighted by molar-refractivity contribution is 7.89. The highest BCUT2D eigenvalue weighted by atomic mass is 32.2. The van der Waals surface area contributed by atoms with Gasteiger partial charge in [0.05, 0.1) is 11.5 Å². The molecule has 0 saturated heterocycles. The molecule has 1 atom stereocenters. The van der Waals surface area contributed by atoms with Crippen molar-refractivity contribution in [1.82, 2.24) is 4.72 Å². The number of benzene rings is 2. The lowest BCUT2D eigenvalue weighted by atomic mass is 10.2. The second-order valence-electron chi connectivity index (χ2n) is 5.65. The van der Waals surface area contributed by atoms with Crippen LogP contribution in [-0.2, 0) is 10.0 Å². The van der Waals surface area contributed by atoms with Gasteiger partial charge in [0.1, 0.15) is 5.82 Å². The largest absolute Gasteiger partial charge is 0.395 e. The van der Waals surface area contributed by atoms with Crippen molar-refractivity contribution >= 4 is 21.6 Å². The molecule has 0 aromatic heterocycles. The van der Waals surface area contributed by atoms with E-state index in [1.54, 1.807) is 6.92 Å². The normalized spacial score (nSPS) is 12.6. The number of aliphatic hydroxyl groups is 1. The van der Waals surface area contributed by atoms with Gasteiger partial charge in [-0.2, -0.15) is 0 Å². The monoisotopic (exact) mass is 366 g/mol. The van der Waals surface area contributed by atoms with Crippen LogP contribution in [0, 0.1) is 12.7 Å². The van der Waals surface area contributed by atoms with Crippen molar-refractivity contribution in [3.8, 4) is 0 Å². The van der Waals surface area contributed by atoms with Gasteiger partial charge in [-0.25, -0.2) is 17.5 Å². The molecule has 0 fully saturated rings. The average molecular weight is 366 g/mol. The summed E-state index contributed by atoms with van der Waals surface area (Å²) in [5.74, 6) is -0.895. The van der Waals surface area contributed by atoms with E-state index in [0.717, 1.165) is 0 Å². The van der Waals surface area contributed by atoms with Crippen molar-refractivity contribution in [3.63, 3.8) is 0 Å². The van der Waals surface area contributed by atoms with Crippen LogP contribution in [0.3, 0.4) is 0 Å². The molecular weight excluding hydrogens is 347 g/mol. The van der Waals surface area contributed by atoms with Gasteiger partial charge in [0.25, 0.3) is 5.91 Å². The molecule has 0 heterocycles. The maximum atomic E-state index is 13.3. The summed E-state index contributed by atoms with van der Waals surface area (Å²) in [5.41, 5.74) is 0.932. The van der Waals surface area contributed by atoms with E-state index in [9.17, 15) is 17.6 Å². The molecule has 0 unspecified atom stereocenters. The van der Waals surface area contributed by atoms with Crippen LogP contribution in [-0.4, -0.2) is 32.1 Å². The third kappa shape index (κ3) is 4.85. The third-order valence-corrected chi connectivity index (χ3v) is 5.04. The third-order valence-electron chi connectivity index (χ3n) is 3.45. The number of carbonyl (C=O) groups is 1. The zero-order valence-corrected chi connectivity index (χ0v) is 14.6. The Balaban J connectivity index is 2.22. The summed E-state index contributed by atoms with van der Waals surface area (Å²) in [6.45, 7) is 2.75. The molecule has 8 heteroatoms. The smallest absolute Gasteiger partial charge is 0.255 e. The minimum Gasteiger partial charge on any atom is -0.395 e. The number of amides is 1. The second-order valence-corrected chi connectivity index (χ2v) is 7.36. The Kier molecular flexibility index (Phi) is 5.89. The fourth-order valence-electron chi connectivity index (χ4n) is 2.10. The van der Waals surface area contributed by atoms with Crippen molar-refractivity contribution in [2.45, 2.75) is 24.8 Å². The number of halogens is 1. The summed E-state index contributed by atoms with van der Waals surface area (Å²) in [4.78, 5) is 12.2. The molecule has 2 aromatic carbocycles. The molecule has 2 rings (SSSR count). The average Bonchev–Trinajstić information content (AvgIpc) is 2.57. The van der Waals surface area contributed by atoms with E-state index >= 15 is 0 Å². The first-order valence-electron chi connectivity index (χ1n) is 7.53. The van der Waals surface area contributed by atoms with Crippen molar-refractivity contribution in [2.75, 3.05) is 11.9 Å². The molecule has 0 aliphatic rings. The number of rotatable bonds is 6. The van der Waals surface area contributed by atoms with Crippen LogP contribution in [0.15, 0.2) is 47.4 Å². The molecule has 2 aromatic rings. The molecule has 0 aliphatic heterocycles. The van der Waals surface area contributed by atoms with Crippen LogP contribution in [0.1, 0.15) is 22.8 Å². The Labute approximate surface area is 145 Å². The van der Waals surface area contributed by atoms with Gasteiger partial charge in [-0.3, -0.25) is 4.79 Å². The maximum absolute atomic E-state index is 13.3. The van der Waals surface area contributed by atoms with Crippen molar-refractivity contribution in [1.29, 1.82) is 0 Å². The summed E-state index contributed by atoms with van der Waals surface area (Å²) in [6.07, 6.45) is 0. The van der Waals surface area contributed by atoms with Gasteiger partial charge >= 0.3 is 0 Å². The fraction of sp³-hybridized carbons (Fsp3) is 0.235. The first kappa shape index (κ1) is 19.0. The molecule has 0 spiro atoms. The van der Waals surface area contributed by atoms with Gasteiger partial charge in [0.2, 0.25) is 10.0 Å². The molecule has 0 saturated carbocycles. The first-order valence-corrected chi connectivity index (χ1v) is 9.02. The summed E-state index contributed by atoms with van der Waals surface area (Å²) in [7, 11) is -3.85. The Morgan fingerprint density at radius 2 is 1.96 bits per heavy atom. The molecule has 25 heavy (non-hydrogen) atoms. The Morgan fingerprint density at radius 3 is 2.60 bits per heavy atom. The number of carbonyl (C=O) groups excluding carboxylic acids is 1. The number of sulfonamides is 1. The first-order chi connectivity index (χ1) is 11.7. The molecule has 0 radical (unpaired) electrons. The highest BCUT2D eigenvalue weighted by Crippen LogP contribution is 2.17. The molecule has 6 nitrogen and oxygen atoms in total. The molecule has 134 valence electrons. The van der Waals surface area contributed by atoms with E-state index in [-0.39, 0.29) is 22.9 Å². The number of nitrogens with one attached hydrogen (secondary N) is 2. The van der Waals surface area contributed by atoms with Crippen molar-refractivity contribution in [3.05, 3.63) is 59.4 Å². The topological polar surface area (TPSA) is 95.5 Å². The Hall–Kier alpha value is -2.29. The number of aryl methyl sites for hydroxylation is 1. The lowest BCUT2D eigenvalue weighted by Crippen LogP contribution is -2.35. The molecule has 1 amide bonds. The van der Waals surface area contributed by atoms with E-state index in [2.05, 4.69) is 10.0 Å². The standard InChI is InChI=1S/C17H19FN2O4S/c1-11-8-14(6-7-16(11)18)19-17(22)13-4-3-5-15(9-13)25(23,24)20-12(2)10-21/h3-9,12,20-21H,10H2,1-2H3,(H,19,22)/t12-/m0/s1. The Bertz CT molecular complexity index is 884. The van der Waals surface area contributed by atoms with Gasteiger partial charge < -0.3 is 10.4 Å². The van der Waals surface area contributed by atoms with E-state index < -0.39 is 22.0 Å². The van der Waals surface area contributed by atoms with Crippen LogP contribution in [0.25, 0.3) is 0 Å². The van der Waals surface area contributed by atoms with E-state index in [4.69, 9.17) is 5.11 Å². The van der Waals surface area contributed by atoms with Crippen LogP contribution < -0.4 is 10.0 Å². The molecule has 0 bridgehead atoms. The van der Waals surface area contributed by atoms with Crippen molar-refractivity contribution < 1.29 is 22.7 Å². The van der Waals surface area contributed by atoms with Gasteiger partial charge in [-0.15, -0.1) is 0 Å².